The van der Waals surface area contributed by atoms with E-state index in [0.717, 1.165) is 12.1 Å². The zero-order valence-corrected chi connectivity index (χ0v) is 19.6. The van der Waals surface area contributed by atoms with Gasteiger partial charge in [-0.25, -0.2) is 0 Å². The number of carbonyl (C=O) groups is 2. The van der Waals surface area contributed by atoms with Crippen LogP contribution in [0.4, 0.5) is 0 Å². The molecule has 1 N–H and O–H groups in total. The highest BCUT2D eigenvalue weighted by Crippen LogP contribution is 2.40. The van der Waals surface area contributed by atoms with Crippen molar-refractivity contribution in [3.8, 4) is 5.75 Å². The Balaban J connectivity index is 2.05. The lowest BCUT2D eigenvalue weighted by molar-refractivity contribution is -0.139. The molecule has 1 saturated heterocycles. The first-order chi connectivity index (χ1) is 15.2. The number of ketones is 1. The number of carbonyl (C=O) groups excluding carboxylic acids is 2. The van der Waals surface area contributed by atoms with Gasteiger partial charge in [0.1, 0.15) is 11.5 Å². The summed E-state index contributed by atoms with van der Waals surface area (Å²) in [6.07, 6.45) is 0.730. The van der Waals surface area contributed by atoms with E-state index >= 15 is 0 Å². The van der Waals surface area contributed by atoms with Gasteiger partial charge in [-0.15, -0.1) is 0 Å². The molecule has 2 aromatic rings. The van der Waals surface area contributed by atoms with Gasteiger partial charge in [0.15, 0.2) is 0 Å². The lowest BCUT2D eigenvalue weighted by Gasteiger charge is -2.26. The molecule has 1 aliphatic rings. The molecule has 2 aromatic carbocycles. The van der Waals surface area contributed by atoms with Crippen molar-refractivity contribution in [2.24, 2.45) is 0 Å². The third-order valence-electron chi connectivity index (χ3n) is 5.23. The van der Waals surface area contributed by atoms with Gasteiger partial charge in [0.25, 0.3) is 11.7 Å². The quantitative estimate of drug-likeness (QED) is 0.360. The van der Waals surface area contributed by atoms with Gasteiger partial charge >= 0.3 is 0 Å². The van der Waals surface area contributed by atoms with E-state index < -0.39 is 17.7 Å². The minimum absolute atomic E-state index is 0.0300. The summed E-state index contributed by atoms with van der Waals surface area (Å²) in [6.45, 7) is 5.06. The van der Waals surface area contributed by atoms with Gasteiger partial charge in [-0.2, -0.15) is 0 Å². The molecule has 0 saturated carbocycles. The van der Waals surface area contributed by atoms with Crippen molar-refractivity contribution in [3.63, 3.8) is 0 Å². The van der Waals surface area contributed by atoms with E-state index in [1.54, 1.807) is 29.2 Å². The van der Waals surface area contributed by atoms with Crippen molar-refractivity contribution in [2.75, 3.05) is 27.2 Å². The zero-order chi connectivity index (χ0) is 23.4. The molecular formula is C25H29ClN2O4. The topological polar surface area (TPSA) is 70.1 Å². The predicted molar refractivity (Wildman–Crippen MR) is 126 cm³/mol. The largest absolute Gasteiger partial charge is 0.507 e. The number of hydrogen-bond donors (Lipinski definition) is 1. The predicted octanol–water partition coefficient (Wildman–Crippen LogP) is 4.50. The SMILES string of the molecule is CC(C)Oc1ccc([C@H]2C(=C(O)c3ccc(Cl)cc3)C(=O)C(=O)N2CCCN(C)C)cc1. The van der Waals surface area contributed by atoms with Crippen molar-refractivity contribution >= 4 is 29.1 Å². The Bertz CT molecular complexity index is 998. The van der Waals surface area contributed by atoms with Crippen molar-refractivity contribution in [3.05, 3.63) is 70.3 Å². The number of nitrogens with zero attached hydrogens (tertiary/aromatic N) is 2. The van der Waals surface area contributed by atoms with E-state index in [1.807, 2.05) is 57.1 Å². The number of likely N-dealkylation sites (tertiary alicyclic amines) is 1. The number of amides is 1. The average molecular weight is 457 g/mol. The summed E-state index contributed by atoms with van der Waals surface area (Å²) < 4.78 is 5.72. The van der Waals surface area contributed by atoms with Gasteiger partial charge in [-0.1, -0.05) is 23.7 Å². The Morgan fingerprint density at radius 1 is 1.09 bits per heavy atom. The molecule has 0 aromatic heterocycles. The molecule has 1 fully saturated rings. The smallest absolute Gasteiger partial charge is 0.295 e. The average Bonchev–Trinajstić information content (AvgIpc) is 2.99. The van der Waals surface area contributed by atoms with Gasteiger partial charge in [0.05, 0.1) is 17.7 Å². The monoisotopic (exact) mass is 456 g/mol. The van der Waals surface area contributed by atoms with Crippen LogP contribution in [0.2, 0.25) is 5.02 Å². The molecule has 32 heavy (non-hydrogen) atoms. The zero-order valence-electron chi connectivity index (χ0n) is 18.8. The molecule has 3 rings (SSSR count). The number of rotatable bonds is 8. The molecule has 7 heteroatoms. The molecule has 6 nitrogen and oxygen atoms in total. The molecule has 1 amide bonds. The van der Waals surface area contributed by atoms with E-state index in [2.05, 4.69) is 0 Å². The van der Waals surface area contributed by atoms with Gasteiger partial charge < -0.3 is 19.6 Å². The summed E-state index contributed by atoms with van der Waals surface area (Å²) in [5, 5.41) is 11.6. The molecule has 1 aliphatic heterocycles. The van der Waals surface area contributed by atoms with Gasteiger partial charge in [0.2, 0.25) is 0 Å². The van der Waals surface area contributed by atoms with E-state index in [-0.39, 0.29) is 17.4 Å². The van der Waals surface area contributed by atoms with Crippen LogP contribution in [0.15, 0.2) is 54.1 Å². The maximum atomic E-state index is 13.0. The lowest BCUT2D eigenvalue weighted by Crippen LogP contribution is -2.32. The molecule has 0 radical (unpaired) electrons. The fourth-order valence-corrected chi connectivity index (χ4v) is 3.90. The second-order valence-electron chi connectivity index (χ2n) is 8.39. The maximum absolute atomic E-state index is 13.0. The summed E-state index contributed by atoms with van der Waals surface area (Å²) in [5.41, 5.74) is 1.26. The first kappa shape index (κ1) is 23.8. The van der Waals surface area contributed by atoms with Crippen LogP contribution in [0, 0.1) is 0 Å². The third kappa shape index (κ3) is 5.31. The van der Waals surface area contributed by atoms with Gasteiger partial charge in [-0.05, 0) is 82.9 Å². The van der Waals surface area contributed by atoms with Crippen LogP contribution >= 0.6 is 11.6 Å². The summed E-state index contributed by atoms with van der Waals surface area (Å²) in [4.78, 5) is 29.5. The van der Waals surface area contributed by atoms with E-state index in [4.69, 9.17) is 16.3 Å². The van der Waals surface area contributed by atoms with Crippen molar-refractivity contribution in [2.45, 2.75) is 32.4 Å². The molecule has 170 valence electrons. The Morgan fingerprint density at radius 3 is 2.28 bits per heavy atom. The maximum Gasteiger partial charge on any atom is 0.295 e. The number of aliphatic hydroxyl groups is 1. The normalized spacial score (nSPS) is 18.1. The summed E-state index contributed by atoms with van der Waals surface area (Å²) in [7, 11) is 3.92. The first-order valence-corrected chi connectivity index (χ1v) is 11.0. The highest BCUT2D eigenvalue weighted by molar-refractivity contribution is 6.46. The Labute approximate surface area is 194 Å². The summed E-state index contributed by atoms with van der Waals surface area (Å²) in [6, 6.07) is 13.2. The number of hydrogen-bond acceptors (Lipinski definition) is 5. The molecule has 1 atom stereocenters. The van der Waals surface area contributed by atoms with Crippen LogP contribution in [0.5, 0.6) is 5.75 Å². The summed E-state index contributed by atoms with van der Waals surface area (Å²) in [5.74, 6) is -0.796. The second kappa shape index (κ2) is 10.2. The highest BCUT2D eigenvalue weighted by Gasteiger charge is 2.45. The highest BCUT2D eigenvalue weighted by atomic mass is 35.5. The van der Waals surface area contributed by atoms with Crippen LogP contribution in [0.25, 0.3) is 5.76 Å². The van der Waals surface area contributed by atoms with Crippen LogP contribution in [0.1, 0.15) is 37.4 Å². The lowest BCUT2D eigenvalue weighted by atomic mass is 9.95. The van der Waals surface area contributed by atoms with E-state index in [1.165, 1.54) is 0 Å². The van der Waals surface area contributed by atoms with Gasteiger partial charge in [0, 0.05) is 17.1 Å². The van der Waals surface area contributed by atoms with Crippen LogP contribution < -0.4 is 4.74 Å². The molecule has 0 spiro atoms. The number of halogens is 1. The third-order valence-corrected chi connectivity index (χ3v) is 5.48. The van der Waals surface area contributed by atoms with Crippen molar-refractivity contribution in [1.82, 2.24) is 9.80 Å². The summed E-state index contributed by atoms with van der Waals surface area (Å²) >= 11 is 5.97. The Kier molecular flexibility index (Phi) is 7.59. The molecule has 0 bridgehead atoms. The minimum atomic E-state index is -0.685. The van der Waals surface area contributed by atoms with Crippen molar-refractivity contribution in [1.29, 1.82) is 0 Å². The molecule has 1 heterocycles. The standard InChI is InChI=1S/C25H29ClN2O4/c1-16(2)32-20-12-8-17(9-13-20)22-21(23(29)18-6-10-19(26)11-7-18)24(30)25(31)28(22)15-5-14-27(3)4/h6-13,16,22,29H,5,14-15H2,1-4H3/t22-/m0/s1. The number of ether oxygens (including phenoxy) is 1. The van der Waals surface area contributed by atoms with Crippen LogP contribution in [-0.2, 0) is 9.59 Å². The van der Waals surface area contributed by atoms with Gasteiger partial charge in [-0.3, -0.25) is 9.59 Å². The fourth-order valence-electron chi connectivity index (χ4n) is 3.78. The minimum Gasteiger partial charge on any atom is -0.507 e. The number of Topliss-reactive ketones (excluding diaryl/α,β-unsaturated/α-hetero) is 1. The first-order valence-electron chi connectivity index (χ1n) is 10.6. The molecular weight excluding hydrogens is 428 g/mol. The van der Waals surface area contributed by atoms with E-state index in [9.17, 15) is 14.7 Å². The van der Waals surface area contributed by atoms with Crippen LogP contribution in [0.3, 0.4) is 0 Å². The fraction of sp³-hybridized carbons (Fsp3) is 0.360. The Hall–Kier alpha value is -2.83. The molecule has 0 aliphatic carbocycles. The van der Waals surface area contributed by atoms with Crippen molar-refractivity contribution < 1.29 is 19.4 Å². The van der Waals surface area contributed by atoms with E-state index in [0.29, 0.717) is 29.3 Å². The van der Waals surface area contributed by atoms with Crippen LogP contribution in [-0.4, -0.2) is 59.9 Å². The Morgan fingerprint density at radius 2 is 1.72 bits per heavy atom. The number of benzene rings is 2. The number of aliphatic hydroxyl groups excluding tert-OH is 1. The second-order valence-corrected chi connectivity index (χ2v) is 8.83. The molecule has 0 unspecified atom stereocenters.